The van der Waals surface area contributed by atoms with Gasteiger partial charge >= 0.3 is 12.0 Å². The molecule has 1 aromatic carbocycles. The summed E-state index contributed by atoms with van der Waals surface area (Å²) >= 11 is 0. The Bertz CT molecular complexity index is 683. The maximum absolute atomic E-state index is 11.6. The lowest BCUT2D eigenvalue weighted by atomic mass is 9.76. The van der Waals surface area contributed by atoms with Crippen molar-refractivity contribution in [3.05, 3.63) is 29.3 Å². The Balaban J connectivity index is 2.65. The molecule has 6 heteroatoms. The summed E-state index contributed by atoms with van der Waals surface area (Å²) in [5.74, 6) is -0.0312. The zero-order valence-electron chi connectivity index (χ0n) is 18.9. The van der Waals surface area contributed by atoms with Gasteiger partial charge in [-0.15, -0.1) is 0 Å². The highest BCUT2D eigenvalue weighted by molar-refractivity contribution is 5.74. The summed E-state index contributed by atoms with van der Waals surface area (Å²) in [6.07, 6.45) is 2.66. The number of carbonyl (C=O) groups is 2. The summed E-state index contributed by atoms with van der Waals surface area (Å²) in [6.45, 7) is 14.5. The minimum Gasteiger partial charge on any atom is -0.493 e. The van der Waals surface area contributed by atoms with Crippen LogP contribution in [0.1, 0.15) is 78.4 Å². The molecule has 1 aromatic rings. The molecule has 0 aliphatic heterocycles. The van der Waals surface area contributed by atoms with Gasteiger partial charge in [0.15, 0.2) is 0 Å². The molecule has 164 valence electrons. The molecule has 6 nitrogen and oxygen atoms in total. The van der Waals surface area contributed by atoms with Crippen molar-refractivity contribution in [1.29, 1.82) is 0 Å². The number of ether oxygens (including phenoxy) is 1. The third-order valence-electron chi connectivity index (χ3n) is 5.75. The number of rotatable bonds is 12. The van der Waals surface area contributed by atoms with Crippen LogP contribution in [-0.4, -0.2) is 36.8 Å². The maximum Gasteiger partial charge on any atom is 0.314 e. The average molecular weight is 407 g/mol. The van der Waals surface area contributed by atoms with E-state index in [4.69, 9.17) is 9.84 Å². The van der Waals surface area contributed by atoms with Crippen molar-refractivity contribution in [3.63, 3.8) is 0 Å². The molecule has 0 unspecified atom stereocenters. The number of carbonyl (C=O) groups excluding carboxylic acids is 1. The molecule has 0 spiro atoms. The average Bonchev–Trinajstić information content (AvgIpc) is 2.67. The van der Waals surface area contributed by atoms with Crippen LogP contribution < -0.4 is 15.4 Å². The van der Waals surface area contributed by atoms with Crippen molar-refractivity contribution in [3.8, 4) is 5.75 Å². The highest BCUT2D eigenvalue weighted by Gasteiger charge is 2.26. The molecule has 0 aliphatic carbocycles. The first-order chi connectivity index (χ1) is 13.5. The highest BCUT2D eigenvalue weighted by Crippen LogP contribution is 2.38. The monoisotopic (exact) mass is 406 g/mol. The number of carboxylic acids is 1. The van der Waals surface area contributed by atoms with Gasteiger partial charge in [0.1, 0.15) is 5.75 Å². The second-order valence-corrected chi connectivity index (χ2v) is 8.71. The molecule has 2 amide bonds. The van der Waals surface area contributed by atoms with Crippen LogP contribution in [0.15, 0.2) is 18.2 Å². The Morgan fingerprint density at radius 1 is 1.00 bits per heavy atom. The number of carboxylic acid groups (broad SMARTS) is 1. The van der Waals surface area contributed by atoms with Gasteiger partial charge in [0.25, 0.3) is 0 Å². The molecule has 0 saturated heterocycles. The molecule has 0 fully saturated rings. The number of hydrogen-bond donors (Lipinski definition) is 3. The van der Waals surface area contributed by atoms with E-state index < -0.39 is 5.97 Å². The maximum atomic E-state index is 11.6. The summed E-state index contributed by atoms with van der Waals surface area (Å²) < 4.78 is 6.07. The van der Waals surface area contributed by atoms with Gasteiger partial charge in [-0.05, 0) is 41.7 Å². The lowest BCUT2D eigenvalue weighted by Gasteiger charge is -2.30. The number of benzene rings is 1. The molecule has 1 rings (SSSR count). The van der Waals surface area contributed by atoms with Gasteiger partial charge in [-0.3, -0.25) is 4.79 Å². The van der Waals surface area contributed by atoms with Crippen LogP contribution in [0.5, 0.6) is 5.75 Å². The van der Waals surface area contributed by atoms with E-state index in [1.165, 1.54) is 11.1 Å². The van der Waals surface area contributed by atoms with Crippen molar-refractivity contribution >= 4 is 12.0 Å². The second-order valence-electron chi connectivity index (χ2n) is 8.71. The lowest BCUT2D eigenvalue weighted by molar-refractivity contribution is -0.136. The first-order valence-electron chi connectivity index (χ1n) is 10.5. The Morgan fingerprint density at radius 2 is 1.62 bits per heavy atom. The van der Waals surface area contributed by atoms with Crippen molar-refractivity contribution in [2.75, 3.05) is 19.7 Å². The Labute approximate surface area is 175 Å². The lowest BCUT2D eigenvalue weighted by Crippen LogP contribution is -2.37. The fourth-order valence-electron chi connectivity index (χ4n) is 2.80. The molecule has 0 heterocycles. The fraction of sp³-hybridized carbons (Fsp3) is 0.652. The van der Waals surface area contributed by atoms with Gasteiger partial charge in [0.2, 0.25) is 0 Å². The molecule has 0 bridgehead atoms. The van der Waals surface area contributed by atoms with Crippen LogP contribution in [0, 0.1) is 0 Å². The SMILES string of the molecule is CCC(C)(C)c1ccc(OCCCNC(=O)NCCC(=O)O)c(C(C)(C)CC)c1. The summed E-state index contributed by atoms with van der Waals surface area (Å²) in [6, 6.07) is 6.16. The fourth-order valence-corrected chi connectivity index (χ4v) is 2.80. The number of urea groups is 1. The van der Waals surface area contributed by atoms with Crippen molar-refractivity contribution < 1.29 is 19.4 Å². The van der Waals surface area contributed by atoms with E-state index in [2.05, 4.69) is 70.4 Å². The Kier molecular flexibility index (Phi) is 9.47. The number of nitrogens with one attached hydrogen (secondary N) is 2. The first kappa shape index (κ1) is 24.8. The zero-order valence-corrected chi connectivity index (χ0v) is 18.9. The van der Waals surface area contributed by atoms with Gasteiger partial charge in [-0.1, -0.05) is 53.7 Å². The van der Waals surface area contributed by atoms with E-state index in [0.29, 0.717) is 19.6 Å². The number of amides is 2. The molecule has 29 heavy (non-hydrogen) atoms. The van der Waals surface area contributed by atoms with Crippen LogP contribution in [0.2, 0.25) is 0 Å². The minimum absolute atomic E-state index is 0.0114. The molecule has 0 aromatic heterocycles. The number of aliphatic carboxylic acids is 1. The summed E-state index contributed by atoms with van der Waals surface area (Å²) in [5, 5.41) is 13.8. The molecule has 3 N–H and O–H groups in total. The third-order valence-corrected chi connectivity index (χ3v) is 5.75. The van der Waals surface area contributed by atoms with Crippen LogP contribution in [-0.2, 0) is 15.6 Å². The summed E-state index contributed by atoms with van der Waals surface area (Å²) in [5.41, 5.74) is 2.67. The van der Waals surface area contributed by atoms with Crippen LogP contribution in [0.25, 0.3) is 0 Å². The van der Waals surface area contributed by atoms with E-state index >= 15 is 0 Å². The van der Waals surface area contributed by atoms with Crippen molar-refractivity contribution in [1.82, 2.24) is 10.6 Å². The van der Waals surface area contributed by atoms with Gasteiger partial charge in [0.05, 0.1) is 13.0 Å². The van der Waals surface area contributed by atoms with Gasteiger partial charge in [-0.2, -0.15) is 0 Å². The summed E-state index contributed by atoms with van der Waals surface area (Å²) in [4.78, 5) is 22.0. The normalized spacial score (nSPS) is 11.8. The van der Waals surface area contributed by atoms with E-state index in [1.54, 1.807) is 0 Å². The molecule has 0 radical (unpaired) electrons. The standard InChI is InChI=1S/C23H38N2O4/c1-7-22(3,4)17-10-11-19(18(16-17)23(5,6)8-2)29-15-9-13-24-21(28)25-14-12-20(26)27/h10-11,16H,7-9,12-15H2,1-6H3,(H,26,27)(H2,24,25,28). The first-order valence-corrected chi connectivity index (χ1v) is 10.5. The van der Waals surface area contributed by atoms with Gasteiger partial charge in [-0.25, -0.2) is 4.79 Å². The molecule has 0 saturated carbocycles. The predicted octanol–water partition coefficient (Wildman–Crippen LogP) is 4.60. The van der Waals surface area contributed by atoms with E-state index in [1.807, 2.05) is 0 Å². The van der Waals surface area contributed by atoms with Gasteiger partial charge in [0, 0.05) is 18.7 Å². The van der Waals surface area contributed by atoms with E-state index in [-0.39, 0.29) is 29.8 Å². The minimum atomic E-state index is -0.933. The smallest absolute Gasteiger partial charge is 0.314 e. The summed E-state index contributed by atoms with van der Waals surface area (Å²) in [7, 11) is 0. The van der Waals surface area contributed by atoms with Crippen molar-refractivity contribution in [2.45, 2.75) is 78.1 Å². The Morgan fingerprint density at radius 3 is 2.21 bits per heavy atom. The zero-order chi connectivity index (χ0) is 22.1. The van der Waals surface area contributed by atoms with E-state index in [0.717, 1.165) is 18.6 Å². The predicted molar refractivity (Wildman–Crippen MR) is 117 cm³/mol. The van der Waals surface area contributed by atoms with Crippen molar-refractivity contribution in [2.24, 2.45) is 0 Å². The second kappa shape index (κ2) is 11.1. The van der Waals surface area contributed by atoms with Gasteiger partial charge < -0.3 is 20.5 Å². The molecular formula is C23H38N2O4. The highest BCUT2D eigenvalue weighted by atomic mass is 16.5. The molecule has 0 aliphatic rings. The van der Waals surface area contributed by atoms with Crippen LogP contribution in [0.4, 0.5) is 4.79 Å². The number of hydrogen-bond acceptors (Lipinski definition) is 3. The molecular weight excluding hydrogens is 368 g/mol. The quantitative estimate of drug-likeness (QED) is 0.443. The van der Waals surface area contributed by atoms with Crippen LogP contribution >= 0.6 is 0 Å². The van der Waals surface area contributed by atoms with E-state index in [9.17, 15) is 9.59 Å². The largest absolute Gasteiger partial charge is 0.493 e. The molecule has 0 atom stereocenters. The van der Waals surface area contributed by atoms with Crippen LogP contribution in [0.3, 0.4) is 0 Å². The third kappa shape index (κ3) is 7.95. The topological polar surface area (TPSA) is 87.7 Å². The Hall–Kier alpha value is -2.24.